The first-order valence-electron chi connectivity index (χ1n) is 13.7. The fourth-order valence-electron chi connectivity index (χ4n) is 5.21. The third kappa shape index (κ3) is 6.89. The van der Waals surface area contributed by atoms with Crippen molar-refractivity contribution in [2.24, 2.45) is 5.92 Å². The van der Waals surface area contributed by atoms with Gasteiger partial charge in [-0.3, -0.25) is 29.3 Å². The molecule has 41 heavy (non-hydrogen) atoms. The molecule has 2 aromatic rings. The predicted octanol–water partition coefficient (Wildman–Crippen LogP) is 2.89. The molecule has 3 N–H and O–H groups in total. The SMILES string of the molecule is O=C(/C=C/c1ccc2c(c1)OCO2)N[C@@H](CC(=O)NC(C(=O)[C@H]1CC(=O)NC1=O)C1=CCCCC1)c1ccccc1. The van der Waals surface area contributed by atoms with Crippen molar-refractivity contribution < 1.29 is 33.4 Å². The number of benzene rings is 2. The van der Waals surface area contributed by atoms with Gasteiger partial charge in [0.25, 0.3) is 0 Å². The normalized spacial score (nSPS) is 19.3. The summed E-state index contributed by atoms with van der Waals surface area (Å²) >= 11 is 0. The number of fused-ring (bicyclic) bond motifs is 1. The van der Waals surface area contributed by atoms with Crippen LogP contribution < -0.4 is 25.4 Å². The van der Waals surface area contributed by atoms with Crippen LogP contribution in [0.5, 0.6) is 11.5 Å². The van der Waals surface area contributed by atoms with E-state index < -0.39 is 47.4 Å². The minimum atomic E-state index is -1.14. The monoisotopic (exact) mass is 557 g/mol. The van der Waals surface area contributed by atoms with Gasteiger partial charge in [-0.05, 0) is 60.6 Å². The van der Waals surface area contributed by atoms with E-state index in [0.717, 1.165) is 30.4 Å². The molecule has 2 heterocycles. The lowest BCUT2D eigenvalue weighted by Crippen LogP contribution is -2.47. The van der Waals surface area contributed by atoms with Gasteiger partial charge in [-0.15, -0.1) is 0 Å². The van der Waals surface area contributed by atoms with Gasteiger partial charge in [0.1, 0.15) is 12.0 Å². The molecule has 10 heteroatoms. The molecule has 10 nitrogen and oxygen atoms in total. The van der Waals surface area contributed by atoms with Crippen molar-refractivity contribution in [3.8, 4) is 11.5 Å². The summed E-state index contributed by atoms with van der Waals surface area (Å²) in [6.45, 7) is 0.152. The average molecular weight is 558 g/mol. The fraction of sp³-hybridized carbons (Fsp3) is 0.323. The maximum atomic E-state index is 13.4. The molecule has 212 valence electrons. The maximum Gasteiger partial charge on any atom is 0.244 e. The lowest BCUT2D eigenvalue weighted by molar-refractivity contribution is -0.135. The van der Waals surface area contributed by atoms with Crippen LogP contribution in [0.15, 0.2) is 66.3 Å². The molecule has 0 saturated carbocycles. The van der Waals surface area contributed by atoms with Gasteiger partial charge < -0.3 is 20.1 Å². The quantitative estimate of drug-likeness (QED) is 0.177. The molecule has 2 aromatic carbocycles. The number of nitrogens with one attached hydrogen (secondary N) is 3. The molecule has 0 bridgehead atoms. The minimum Gasteiger partial charge on any atom is -0.454 e. The Morgan fingerprint density at radius 3 is 2.54 bits per heavy atom. The number of rotatable bonds is 10. The summed E-state index contributed by atoms with van der Waals surface area (Å²) in [7, 11) is 0. The molecule has 3 aliphatic rings. The van der Waals surface area contributed by atoms with Gasteiger partial charge in [-0.2, -0.15) is 0 Å². The largest absolute Gasteiger partial charge is 0.454 e. The fourth-order valence-corrected chi connectivity index (χ4v) is 5.21. The van der Waals surface area contributed by atoms with Crippen molar-refractivity contribution in [1.82, 2.24) is 16.0 Å². The number of Topliss-reactive ketones (excluding diaryl/α,β-unsaturated/α-hetero) is 1. The third-order valence-electron chi connectivity index (χ3n) is 7.33. The van der Waals surface area contributed by atoms with E-state index in [4.69, 9.17) is 9.47 Å². The lowest BCUT2D eigenvalue weighted by atomic mass is 9.86. The Hall–Kier alpha value is -4.73. The van der Waals surface area contributed by atoms with Crippen molar-refractivity contribution >= 4 is 35.5 Å². The zero-order valence-corrected chi connectivity index (χ0v) is 22.4. The zero-order chi connectivity index (χ0) is 28.8. The standard InChI is InChI=1S/C31H31N3O7/c35-26(14-12-19-11-13-24-25(15-19)41-18-40-24)32-23(20-7-3-1-4-8-20)17-28(37)33-29(21-9-5-2-6-10-21)30(38)22-16-27(36)34-31(22)39/h1,3-4,7-9,11-15,22-23,29H,2,5-6,10,16-18H2,(H,32,35)(H,33,37)(H,34,36,39)/b14-12+/t22-,23+,29?/m1/s1. The average Bonchev–Trinajstić information content (AvgIpc) is 3.59. The molecule has 1 unspecified atom stereocenters. The number of allylic oxidation sites excluding steroid dienone is 1. The van der Waals surface area contributed by atoms with E-state index in [1.807, 2.05) is 24.3 Å². The van der Waals surface area contributed by atoms with Crippen LogP contribution in [0.3, 0.4) is 0 Å². The summed E-state index contributed by atoms with van der Waals surface area (Å²) in [4.78, 5) is 63.7. The Labute approximate surface area is 237 Å². The van der Waals surface area contributed by atoms with Gasteiger partial charge in [0.05, 0.1) is 12.5 Å². The van der Waals surface area contributed by atoms with E-state index in [0.29, 0.717) is 23.5 Å². The summed E-state index contributed by atoms with van der Waals surface area (Å²) in [5.41, 5.74) is 2.21. The molecule has 1 aliphatic carbocycles. The number of imide groups is 1. The molecule has 4 amide bonds. The second-order valence-corrected chi connectivity index (χ2v) is 10.2. The molecule has 0 radical (unpaired) electrons. The van der Waals surface area contributed by atoms with E-state index in [1.54, 1.807) is 36.4 Å². The van der Waals surface area contributed by atoms with Crippen LogP contribution in [0.4, 0.5) is 0 Å². The Morgan fingerprint density at radius 1 is 1.00 bits per heavy atom. The van der Waals surface area contributed by atoms with Gasteiger partial charge in [0, 0.05) is 12.5 Å². The number of hydrogen-bond donors (Lipinski definition) is 3. The number of carbonyl (C=O) groups is 5. The number of hydrogen-bond acceptors (Lipinski definition) is 7. The molecule has 1 saturated heterocycles. The minimum absolute atomic E-state index is 0.138. The van der Waals surface area contributed by atoms with Crippen molar-refractivity contribution in [1.29, 1.82) is 0 Å². The van der Waals surface area contributed by atoms with Gasteiger partial charge >= 0.3 is 0 Å². The van der Waals surface area contributed by atoms with Gasteiger partial charge in [-0.1, -0.05) is 42.5 Å². The summed E-state index contributed by atoms with van der Waals surface area (Å²) in [6, 6.07) is 12.7. The van der Waals surface area contributed by atoms with Crippen molar-refractivity contribution in [2.75, 3.05) is 6.79 Å². The molecule has 0 aromatic heterocycles. The highest BCUT2D eigenvalue weighted by Crippen LogP contribution is 2.33. The highest BCUT2D eigenvalue weighted by Gasteiger charge is 2.41. The maximum absolute atomic E-state index is 13.4. The Bertz CT molecular complexity index is 1420. The molecular formula is C31H31N3O7. The lowest BCUT2D eigenvalue weighted by Gasteiger charge is -2.26. The zero-order valence-electron chi connectivity index (χ0n) is 22.4. The first-order valence-corrected chi connectivity index (χ1v) is 13.7. The van der Waals surface area contributed by atoms with Crippen LogP contribution in [-0.4, -0.2) is 42.2 Å². The van der Waals surface area contributed by atoms with Crippen molar-refractivity contribution in [3.63, 3.8) is 0 Å². The van der Waals surface area contributed by atoms with E-state index in [9.17, 15) is 24.0 Å². The van der Waals surface area contributed by atoms with E-state index in [2.05, 4.69) is 16.0 Å². The van der Waals surface area contributed by atoms with Crippen LogP contribution in [0.1, 0.15) is 55.7 Å². The van der Waals surface area contributed by atoms with Gasteiger partial charge in [-0.25, -0.2) is 0 Å². The van der Waals surface area contributed by atoms with Crippen LogP contribution in [-0.2, 0) is 24.0 Å². The van der Waals surface area contributed by atoms with E-state index in [-0.39, 0.29) is 19.6 Å². The summed E-state index contributed by atoms with van der Waals surface area (Å²) < 4.78 is 10.7. The summed E-state index contributed by atoms with van der Waals surface area (Å²) in [5, 5.41) is 7.87. The van der Waals surface area contributed by atoms with E-state index >= 15 is 0 Å². The molecule has 0 spiro atoms. The Morgan fingerprint density at radius 2 is 1.80 bits per heavy atom. The Kier molecular flexibility index (Phi) is 8.57. The third-order valence-corrected chi connectivity index (χ3v) is 7.33. The first-order chi connectivity index (χ1) is 19.9. The van der Waals surface area contributed by atoms with Crippen molar-refractivity contribution in [2.45, 2.75) is 50.6 Å². The number of ether oxygens (including phenoxy) is 2. The van der Waals surface area contributed by atoms with Gasteiger partial charge in [0.2, 0.25) is 30.4 Å². The topological polar surface area (TPSA) is 140 Å². The van der Waals surface area contributed by atoms with Crippen LogP contribution in [0.25, 0.3) is 6.08 Å². The molecule has 2 aliphatic heterocycles. The second-order valence-electron chi connectivity index (χ2n) is 10.2. The van der Waals surface area contributed by atoms with E-state index in [1.165, 1.54) is 6.08 Å². The first kappa shape index (κ1) is 27.8. The summed E-state index contributed by atoms with van der Waals surface area (Å²) in [6.07, 6.45) is 7.79. The molecular weight excluding hydrogens is 526 g/mol. The predicted molar refractivity (Wildman–Crippen MR) is 148 cm³/mol. The van der Waals surface area contributed by atoms with Crippen LogP contribution in [0.2, 0.25) is 0 Å². The second kappa shape index (κ2) is 12.6. The smallest absolute Gasteiger partial charge is 0.244 e. The van der Waals surface area contributed by atoms with Crippen molar-refractivity contribution in [3.05, 3.63) is 77.4 Å². The summed E-state index contributed by atoms with van der Waals surface area (Å²) in [5.74, 6) is -2.41. The van der Waals surface area contributed by atoms with Crippen LogP contribution >= 0.6 is 0 Å². The highest BCUT2D eigenvalue weighted by atomic mass is 16.7. The Balaban J connectivity index is 1.29. The highest BCUT2D eigenvalue weighted by molar-refractivity contribution is 6.16. The van der Waals surface area contributed by atoms with Gasteiger partial charge in [0.15, 0.2) is 17.3 Å². The molecule has 5 rings (SSSR count). The number of carbonyl (C=O) groups excluding carboxylic acids is 5. The molecule has 3 atom stereocenters. The molecule has 1 fully saturated rings. The van der Waals surface area contributed by atoms with Crippen LogP contribution in [0, 0.1) is 5.92 Å². The number of amides is 4. The number of ketones is 1.